The Morgan fingerprint density at radius 1 is 1.44 bits per heavy atom. The van der Waals surface area contributed by atoms with Crippen LogP contribution in [0.3, 0.4) is 0 Å². The molecule has 1 saturated heterocycles. The van der Waals surface area contributed by atoms with Crippen LogP contribution in [0.25, 0.3) is 0 Å². The lowest BCUT2D eigenvalue weighted by Gasteiger charge is -2.10. The Morgan fingerprint density at radius 2 is 2.11 bits per heavy atom. The lowest BCUT2D eigenvalue weighted by Crippen LogP contribution is -2.25. The van der Waals surface area contributed by atoms with Gasteiger partial charge >= 0.3 is 12.1 Å². The van der Waals surface area contributed by atoms with Gasteiger partial charge in [-0.15, -0.1) is 10.2 Å². The van der Waals surface area contributed by atoms with Gasteiger partial charge in [-0.3, -0.25) is 14.5 Å². The molecule has 0 radical (unpaired) electrons. The number of halogens is 3. The van der Waals surface area contributed by atoms with Crippen molar-refractivity contribution >= 4 is 28.3 Å². The number of aromatic nitrogens is 2. The first-order valence-corrected chi connectivity index (χ1v) is 5.54. The van der Waals surface area contributed by atoms with Crippen molar-refractivity contribution in [3.63, 3.8) is 0 Å². The van der Waals surface area contributed by atoms with Crippen LogP contribution >= 0.6 is 11.3 Å². The second-order valence-electron chi connectivity index (χ2n) is 3.63. The van der Waals surface area contributed by atoms with Crippen LogP contribution in [-0.4, -0.2) is 33.7 Å². The third-order valence-electron chi connectivity index (χ3n) is 2.36. The standard InChI is InChI=1S/C8H6F3N3O3S/c9-8(10,11)6-12-13-7(18-6)14-2-3(5(16)17)1-4(14)15/h3H,1-2H2,(H,16,17)/t3-/m0/s1. The number of carboxylic acids is 1. The van der Waals surface area contributed by atoms with Crippen LogP contribution in [0, 0.1) is 5.92 Å². The van der Waals surface area contributed by atoms with Gasteiger partial charge in [0.25, 0.3) is 0 Å². The Hall–Kier alpha value is -1.71. The summed E-state index contributed by atoms with van der Waals surface area (Å²) < 4.78 is 36.9. The predicted molar refractivity (Wildman–Crippen MR) is 53.0 cm³/mol. The maximum absolute atomic E-state index is 12.3. The fraction of sp³-hybridized carbons (Fsp3) is 0.500. The molecule has 0 saturated carbocycles. The van der Waals surface area contributed by atoms with E-state index in [0.29, 0.717) is 0 Å². The first kappa shape index (κ1) is 12.7. The van der Waals surface area contributed by atoms with Crippen LogP contribution in [0.4, 0.5) is 18.3 Å². The Morgan fingerprint density at radius 3 is 2.56 bits per heavy atom. The fourth-order valence-corrected chi connectivity index (χ4v) is 2.24. The van der Waals surface area contributed by atoms with Gasteiger partial charge in [-0.1, -0.05) is 11.3 Å². The van der Waals surface area contributed by atoms with E-state index >= 15 is 0 Å². The van der Waals surface area contributed by atoms with Crippen molar-refractivity contribution in [1.29, 1.82) is 0 Å². The zero-order chi connectivity index (χ0) is 13.5. The number of nitrogens with zero attached hydrogens (tertiary/aromatic N) is 3. The normalized spacial score (nSPS) is 20.5. The van der Waals surface area contributed by atoms with Gasteiger partial charge in [-0.2, -0.15) is 13.2 Å². The minimum absolute atomic E-state index is 0.180. The molecule has 1 atom stereocenters. The molecule has 1 N–H and O–H groups in total. The summed E-state index contributed by atoms with van der Waals surface area (Å²) in [4.78, 5) is 23.1. The summed E-state index contributed by atoms with van der Waals surface area (Å²) in [7, 11) is 0. The molecular weight excluding hydrogens is 275 g/mol. The van der Waals surface area contributed by atoms with Crippen molar-refractivity contribution in [3.8, 4) is 0 Å². The first-order chi connectivity index (χ1) is 8.29. The molecule has 6 nitrogen and oxygen atoms in total. The molecule has 1 aliphatic rings. The van der Waals surface area contributed by atoms with Crippen molar-refractivity contribution in [3.05, 3.63) is 5.01 Å². The molecule has 18 heavy (non-hydrogen) atoms. The smallest absolute Gasteiger partial charge is 0.445 e. The topological polar surface area (TPSA) is 83.4 Å². The summed E-state index contributed by atoms with van der Waals surface area (Å²) in [6.07, 6.45) is -4.86. The van der Waals surface area contributed by atoms with Crippen LogP contribution in [0.1, 0.15) is 11.4 Å². The summed E-state index contributed by atoms with van der Waals surface area (Å²) >= 11 is 0.220. The average Bonchev–Trinajstić information content (AvgIpc) is 2.81. The van der Waals surface area contributed by atoms with Crippen LogP contribution in [-0.2, 0) is 15.8 Å². The van der Waals surface area contributed by atoms with Crippen molar-refractivity contribution in [2.75, 3.05) is 11.4 Å². The third kappa shape index (κ3) is 2.28. The number of alkyl halides is 3. The predicted octanol–water partition coefficient (Wildman–Crippen LogP) is 0.994. The summed E-state index contributed by atoms with van der Waals surface area (Å²) in [5.74, 6) is -2.64. The average molecular weight is 281 g/mol. The number of carbonyl (C=O) groups excluding carboxylic acids is 1. The van der Waals surface area contributed by atoms with E-state index in [0.717, 1.165) is 4.90 Å². The fourth-order valence-electron chi connectivity index (χ4n) is 1.50. The van der Waals surface area contributed by atoms with Crippen molar-refractivity contribution < 1.29 is 27.9 Å². The second-order valence-corrected chi connectivity index (χ2v) is 4.59. The summed E-state index contributed by atoms with van der Waals surface area (Å²) in [5.41, 5.74) is 0. The highest BCUT2D eigenvalue weighted by atomic mass is 32.1. The molecule has 1 aromatic heterocycles. The van der Waals surface area contributed by atoms with Crippen molar-refractivity contribution in [2.24, 2.45) is 5.92 Å². The number of amides is 1. The summed E-state index contributed by atoms with van der Waals surface area (Å²) in [6.45, 7) is -0.180. The molecule has 2 heterocycles. The number of carboxylic acid groups (broad SMARTS) is 1. The van der Waals surface area contributed by atoms with E-state index in [9.17, 15) is 22.8 Å². The molecule has 1 amide bonds. The molecule has 0 aromatic carbocycles. The van der Waals surface area contributed by atoms with Gasteiger partial charge in [0.1, 0.15) is 0 Å². The third-order valence-corrected chi connectivity index (χ3v) is 3.35. The number of rotatable bonds is 2. The minimum atomic E-state index is -4.62. The maximum Gasteiger partial charge on any atom is 0.445 e. The van der Waals surface area contributed by atoms with Gasteiger partial charge < -0.3 is 5.11 Å². The number of anilines is 1. The number of hydrogen-bond donors (Lipinski definition) is 1. The van der Waals surface area contributed by atoms with E-state index < -0.39 is 29.0 Å². The summed E-state index contributed by atoms with van der Waals surface area (Å²) in [6, 6.07) is 0. The Balaban J connectivity index is 2.20. The SMILES string of the molecule is O=C(O)[C@H]1CC(=O)N(c2nnc(C(F)(F)F)s2)C1. The highest BCUT2D eigenvalue weighted by Gasteiger charge is 2.40. The minimum Gasteiger partial charge on any atom is -0.481 e. The van der Waals surface area contributed by atoms with Crippen LogP contribution in [0.5, 0.6) is 0 Å². The van der Waals surface area contributed by atoms with Gasteiger partial charge in [0.05, 0.1) is 5.92 Å². The zero-order valence-corrected chi connectivity index (χ0v) is 9.46. The molecule has 1 aromatic rings. The molecule has 1 fully saturated rings. The molecule has 0 spiro atoms. The van der Waals surface area contributed by atoms with Gasteiger partial charge in [-0.05, 0) is 0 Å². The first-order valence-electron chi connectivity index (χ1n) is 4.73. The molecule has 10 heteroatoms. The Bertz CT molecular complexity index is 501. The molecular formula is C8H6F3N3O3S. The van der Waals surface area contributed by atoms with E-state index in [1.165, 1.54) is 0 Å². The lowest BCUT2D eigenvalue weighted by molar-refractivity contribution is -0.141. The molecule has 2 rings (SSSR count). The highest BCUT2D eigenvalue weighted by molar-refractivity contribution is 7.15. The second kappa shape index (κ2) is 4.19. The largest absolute Gasteiger partial charge is 0.481 e. The van der Waals surface area contributed by atoms with Gasteiger partial charge in [0.15, 0.2) is 0 Å². The van der Waals surface area contributed by atoms with E-state index in [2.05, 4.69) is 10.2 Å². The Kier molecular flexibility index (Phi) is 2.97. The van der Waals surface area contributed by atoms with E-state index in [-0.39, 0.29) is 29.4 Å². The number of aliphatic carboxylic acids is 1. The van der Waals surface area contributed by atoms with Crippen LogP contribution in [0.2, 0.25) is 0 Å². The molecule has 0 bridgehead atoms. The van der Waals surface area contributed by atoms with Crippen LogP contribution in [0.15, 0.2) is 0 Å². The zero-order valence-electron chi connectivity index (χ0n) is 8.64. The lowest BCUT2D eigenvalue weighted by atomic mass is 10.1. The highest BCUT2D eigenvalue weighted by Crippen LogP contribution is 2.36. The Labute approximate surface area is 102 Å². The summed E-state index contributed by atoms with van der Waals surface area (Å²) in [5, 5.41) is 13.6. The van der Waals surface area contributed by atoms with Gasteiger partial charge in [0.2, 0.25) is 16.0 Å². The monoisotopic (exact) mass is 281 g/mol. The quantitative estimate of drug-likeness (QED) is 0.874. The molecule has 1 aliphatic heterocycles. The van der Waals surface area contributed by atoms with E-state index in [1.54, 1.807) is 0 Å². The number of hydrogen-bond acceptors (Lipinski definition) is 5. The van der Waals surface area contributed by atoms with Crippen molar-refractivity contribution in [2.45, 2.75) is 12.6 Å². The van der Waals surface area contributed by atoms with E-state index in [1.807, 2.05) is 0 Å². The van der Waals surface area contributed by atoms with Crippen LogP contribution < -0.4 is 4.90 Å². The van der Waals surface area contributed by atoms with Gasteiger partial charge in [0, 0.05) is 13.0 Å². The van der Waals surface area contributed by atoms with Crippen molar-refractivity contribution in [1.82, 2.24) is 10.2 Å². The van der Waals surface area contributed by atoms with E-state index in [4.69, 9.17) is 5.11 Å². The molecule has 0 unspecified atom stereocenters. The maximum atomic E-state index is 12.3. The van der Waals surface area contributed by atoms with Gasteiger partial charge in [-0.25, -0.2) is 0 Å². The molecule has 0 aliphatic carbocycles. The molecule has 98 valence electrons. The number of carbonyl (C=O) groups is 2.